The van der Waals surface area contributed by atoms with Gasteiger partial charge in [-0.1, -0.05) is 39.8 Å². The monoisotopic (exact) mass is 264 g/mol. The molecule has 1 rings (SSSR count). The molecule has 0 saturated heterocycles. The van der Waals surface area contributed by atoms with Crippen LogP contribution in [0.1, 0.15) is 38.8 Å². The summed E-state index contributed by atoms with van der Waals surface area (Å²) < 4.78 is 0. The molecule has 4 nitrogen and oxygen atoms in total. The highest BCUT2D eigenvalue weighted by Crippen LogP contribution is 2.25. The molecule has 0 aromatic heterocycles. The molecule has 0 aliphatic rings. The van der Waals surface area contributed by atoms with Crippen LogP contribution in [0.2, 0.25) is 0 Å². The minimum Gasteiger partial charge on any atom is -0.312 e. The van der Waals surface area contributed by atoms with Crippen molar-refractivity contribution < 1.29 is 4.92 Å². The zero-order valence-electron chi connectivity index (χ0n) is 12.5. The van der Waals surface area contributed by atoms with Gasteiger partial charge in [-0.2, -0.15) is 0 Å². The second-order valence-corrected chi connectivity index (χ2v) is 6.12. The smallest absolute Gasteiger partial charge is 0.272 e. The highest BCUT2D eigenvalue weighted by molar-refractivity contribution is 5.42. The van der Waals surface area contributed by atoms with E-state index in [1.165, 1.54) is 0 Å². The summed E-state index contributed by atoms with van der Waals surface area (Å²) in [5.74, 6) is 0.590. The lowest BCUT2D eigenvalue weighted by molar-refractivity contribution is -0.385. The van der Waals surface area contributed by atoms with Crippen molar-refractivity contribution in [1.29, 1.82) is 0 Å². The van der Waals surface area contributed by atoms with Crippen LogP contribution in [0.5, 0.6) is 0 Å². The maximum Gasteiger partial charge on any atom is 0.272 e. The summed E-state index contributed by atoms with van der Waals surface area (Å²) in [5.41, 5.74) is 2.08. The van der Waals surface area contributed by atoms with E-state index >= 15 is 0 Å². The van der Waals surface area contributed by atoms with Crippen LogP contribution < -0.4 is 5.32 Å². The van der Waals surface area contributed by atoms with Crippen molar-refractivity contribution in [3.8, 4) is 0 Å². The van der Waals surface area contributed by atoms with Crippen LogP contribution in [-0.2, 0) is 6.54 Å². The largest absolute Gasteiger partial charge is 0.312 e. The number of hydrogen-bond donors (Lipinski definition) is 1. The third-order valence-corrected chi connectivity index (χ3v) is 3.94. The third-order valence-electron chi connectivity index (χ3n) is 3.94. The average molecular weight is 264 g/mol. The van der Waals surface area contributed by atoms with Gasteiger partial charge in [-0.15, -0.1) is 0 Å². The Morgan fingerprint density at radius 3 is 2.53 bits per heavy atom. The van der Waals surface area contributed by atoms with Gasteiger partial charge in [-0.3, -0.25) is 10.1 Å². The van der Waals surface area contributed by atoms with E-state index in [4.69, 9.17) is 0 Å². The first-order valence-electron chi connectivity index (χ1n) is 6.68. The van der Waals surface area contributed by atoms with Gasteiger partial charge in [0.2, 0.25) is 0 Å². The van der Waals surface area contributed by atoms with Gasteiger partial charge in [0.1, 0.15) is 0 Å². The predicted octanol–water partition coefficient (Wildman–Crippen LogP) is 3.68. The fourth-order valence-electron chi connectivity index (χ4n) is 1.69. The SMILES string of the molecule is Cc1ccc(CNCC(C)(C)C(C)C)cc1[N+](=O)[O-]. The molecular weight excluding hydrogens is 240 g/mol. The maximum atomic E-state index is 10.9. The summed E-state index contributed by atoms with van der Waals surface area (Å²) in [7, 11) is 0. The van der Waals surface area contributed by atoms with Gasteiger partial charge >= 0.3 is 0 Å². The Morgan fingerprint density at radius 1 is 1.37 bits per heavy atom. The molecule has 0 radical (unpaired) electrons. The average Bonchev–Trinajstić information content (AvgIpc) is 2.30. The molecule has 1 aromatic carbocycles. The van der Waals surface area contributed by atoms with E-state index in [0.717, 1.165) is 12.1 Å². The van der Waals surface area contributed by atoms with Crippen LogP contribution in [-0.4, -0.2) is 11.5 Å². The van der Waals surface area contributed by atoms with Crippen LogP contribution in [0.4, 0.5) is 5.69 Å². The Labute approximate surface area is 115 Å². The molecule has 0 fully saturated rings. The number of hydrogen-bond acceptors (Lipinski definition) is 3. The molecule has 106 valence electrons. The molecule has 0 aliphatic heterocycles. The predicted molar refractivity (Wildman–Crippen MR) is 78.2 cm³/mol. The molecule has 1 N–H and O–H groups in total. The zero-order chi connectivity index (χ0) is 14.6. The molecule has 1 aromatic rings. The number of nitro benzene ring substituents is 1. The van der Waals surface area contributed by atoms with Crippen LogP contribution in [0.25, 0.3) is 0 Å². The summed E-state index contributed by atoms with van der Waals surface area (Å²) in [6.07, 6.45) is 0. The standard InChI is InChI=1S/C15H24N2O2/c1-11(2)15(4,5)10-16-9-13-7-6-12(3)14(8-13)17(18)19/h6-8,11,16H,9-10H2,1-5H3. The summed E-state index contributed by atoms with van der Waals surface area (Å²) in [6, 6.07) is 5.41. The van der Waals surface area contributed by atoms with Crippen LogP contribution in [0, 0.1) is 28.4 Å². The molecular formula is C15H24N2O2. The van der Waals surface area contributed by atoms with Gasteiger partial charge in [-0.25, -0.2) is 0 Å². The van der Waals surface area contributed by atoms with Crippen LogP contribution >= 0.6 is 0 Å². The van der Waals surface area contributed by atoms with Crippen molar-refractivity contribution in [2.24, 2.45) is 11.3 Å². The molecule has 0 amide bonds. The lowest BCUT2D eigenvalue weighted by Gasteiger charge is -2.29. The van der Waals surface area contributed by atoms with Crippen molar-refractivity contribution in [2.45, 2.75) is 41.2 Å². The number of aryl methyl sites for hydroxylation is 1. The molecule has 0 aliphatic carbocycles. The first-order valence-corrected chi connectivity index (χ1v) is 6.68. The fourth-order valence-corrected chi connectivity index (χ4v) is 1.69. The van der Waals surface area contributed by atoms with Gasteiger partial charge in [-0.05, 0) is 23.8 Å². The molecule has 4 heteroatoms. The van der Waals surface area contributed by atoms with Gasteiger partial charge in [0.25, 0.3) is 5.69 Å². The van der Waals surface area contributed by atoms with Crippen LogP contribution in [0.3, 0.4) is 0 Å². The first kappa shape index (κ1) is 15.6. The number of rotatable bonds is 6. The number of nitrogens with zero attached hydrogens (tertiary/aromatic N) is 1. The Balaban J connectivity index is 2.64. The zero-order valence-corrected chi connectivity index (χ0v) is 12.5. The van der Waals surface area contributed by atoms with Crippen molar-refractivity contribution in [2.75, 3.05) is 6.54 Å². The highest BCUT2D eigenvalue weighted by atomic mass is 16.6. The quantitative estimate of drug-likeness (QED) is 0.630. The second kappa shape index (κ2) is 6.15. The molecule has 0 saturated carbocycles. The minimum atomic E-state index is -0.323. The Bertz CT molecular complexity index is 453. The van der Waals surface area contributed by atoms with E-state index in [1.807, 2.05) is 12.1 Å². The normalized spacial score (nSPS) is 11.9. The minimum absolute atomic E-state index is 0.197. The highest BCUT2D eigenvalue weighted by Gasteiger charge is 2.21. The number of nitrogens with one attached hydrogen (secondary N) is 1. The summed E-state index contributed by atoms with van der Waals surface area (Å²) in [6.45, 7) is 12.2. The Hall–Kier alpha value is -1.42. The van der Waals surface area contributed by atoms with Gasteiger partial charge in [0, 0.05) is 24.7 Å². The van der Waals surface area contributed by atoms with E-state index in [2.05, 4.69) is 33.0 Å². The van der Waals surface area contributed by atoms with E-state index in [0.29, 0.717) is 18.0 Å². The summed E-state index contributed by atoms with van der Waals surface area (Å²) in [5, 5.41) is 14.3. The fraction of sp³-hybridized carbons (Fsp3) is 0.600. The van der Waals surface area contributed by atoms with Crippen LogP contribution in [0.15, 0.2) is 18.2 Å². The summed E-state index contributed by atoms with van der Waals surface area (Å²) in [4.78, 5) is 10.6. The Kier molecular flexibility index (Phi) is 5.06. The first-order chi connectivity index (χ1) is 8.74. The number of nitro groups is 1. The van der Waals surface area contributed by atoms with Crippen molar-refractivity contribution in [1.82, 2.24) is 5.32 Å². The van der Waals surface area contributed by atoms with Gasteiger partial charge in [0.05, 0.1) is 4.92 Å². The topological polar surface area (TPSA) is 55.2 Å². The van der Waals surface area contributed by atoms with E-state index in [1.54, 1.807) is 13.0 Å². The van der Waals surface area contributed by atoms with Crippen molar-refractivity contribution >= 4 is 5.69 Å². The third kappa shape index (κ3) is 4.31. The van der Waals surface area contributed by atoms with Crippen molar-refractivity contribution in [3.63, 3.8) is 0 Å². The molecule has 0 spiro atoms. The maximum absolute atomic E-state index is 10.9. The van der Waals surface area contributed by atoms with E-state index < -0.39 is 0 Å². The van der Waals surface area contributed by atoms with E-state index in [9.17, 15) is 10.1 Å². The summed E-state index contributed by atoms with van der Waals surface area (Å²) >= 11 is 0. The Morgan fingerprint density at radius 2 is 2.00 bits per heavy atom. The molecule has 0 heterocycles. The van der Waals surface area contributed by atoms with Crippen molar-refractivity contribution in [3.05, 3.63) is 39.4 Å². The molecule has 0 bridgehead atoms. The van der Waals surface area contributed by atoms with E-state index in [-0.39, 0.29) is 16.0 Å². The molecule has 0 atom stereocenters. The second-order valence-electron chi connectivity index (χ2n) is 6.12. The lowest BCUT2D eigenvalue weighted by atomic mass is 9.81. The molecule has 0 unspecified atom stereocenters. The molecule has 19 heavy (non-hydrogen) atoms. The van der Waals surface area contributed by atoms with Gasteiger partial charge in [0.15, 0.2) is 0 Å². The lowest BCUT2D eigenvalue weighted by Crippen LogP contribution is -2.33. The van der Waals surface area contributed by atoms with Gasteiger partial charge < -0.3 is 5.32 Å². The number of benzene rings is 1.